The van der Waals surface area contributed by atoms with Crippen LogP contribution in [0.5, 0.6) is 0 Å². The number of thiocarbonyl (C=S) groups is 1. The van der Waals surface area contributed by atoms with Crippen molar-refractivity contribution >= 4 is 46.1 Å². The second-order valence-corrected chi connectivity index (χ2v) is 5.71. The molecule has 0 spiro atoms. The Balaban J connectivity index is 2.17. The quantitative estimate of drug-likeness (QED) is 0.852. The molecule has 0 aliphatic heterocycles. The molecule has 0 aliphatic carbocycles. The van der Waals surface area contributed by atoms with Gasteiger partial charge in [0.2, 0.25) is 0 Å². The van der Waals surface area contributed by atoms with Crippen LogP contribution in [0.25, 0.3) is 0 Å². The van der Waals surface area contributed by atoms with Crippen molar-refractivity contribution in [1.82, 2.24) is 0 Å². The molecule has 2 aromatic rings. The fourth-order valence-electron chi connectivity index (χ4n) is 1.90. The number of benzene rings is 2. The molecule has 2 rings (SSSR count). The highest BCUT2D eigenvalue weighted by molar-refractivity contribution is 7.80. The summed E-state index contributed by atoms with van der Waals surface area (Å²) in [6.45, 7) is 0.672. The maximum atomic E-state index is 6.20. The van der Waals surface area contributed by atoms with E-state index in [0.717, 1.165) is 16.8 Å². The van der Waals surface area contributed by atoms with Crippen LogP contribution < -0.4 is 10.6 Å². The van der Waals surface area contributed by atoms with E-state index in [1.807, 2.05) is 43.4 Å². The number of hydrogen-bond acceptors (Lipinski definition) is 2. The SMILES string of the molecule is CN(Cc1cccc(Cl)c1Cl)c1ccc(C(N)=S)cc1. The minimum Gasteiger partial charge on any atom is -0.389 e. The standard InChI is InChI=1S/C15H14Cl2N2S/c1-19(9-11-3-2-4-13(16)14(11)17)12-7-5-10(6-8-12)15(18)20/h2-8H,9H2,1H3,(H2,18,20). The predicted molar refractivity (Wildman–Crippen MR) is 90.9 cm³/mol. The molecule has 0 fully saturated rings. The van der Waals surface area contributed by atoms with E-state index in [-0.39, 0.29) is 0 Å². The zero-order chi connectivity index (χ0) is 14.7. The molecule has 0 radical (unpaired) electrons. The summed E-state index contributed by atoms with van der Waals surface area (Å²) >= 11 is 17.2. The predicted octanol–water partition coefficient (Wildman–Crippen LogP) is 4.26. The molecule has 0 unspecified atom stereocenters. The van der Waals surface area contributed by atoms with E-state index in [1.54, 1.807) is 6.07 Å². The first-order valence-corrected chi connectivity index (χ1v) is 7.19. The van der Waals surface area contributed by atoms with Crippen LogP contribution in [0.4, 0.5) is 5.69 Å². The Morgan fingerprint density at radius 3 is 2.40 bits per heavy atom. The Labute approximate surface area is 134 Å². The van der Waals surface area contributed by atoms with Crippen molar-refractivity contribution in [2.75, 3.05) is 11.9 Å². The first-order valence-electron chi connectivity index (χ1n) is 6.03. The van der Waals surface area contributed by atoms with Crippen molar-refractivity contribution in [3.05, 3.63) is 63.6 Å². The number of anilines is 1. The molecule has 0 saturated carbocycles. The molecular weight excluding hydrogens is 311 g/mol. The summed E-state index contributed by atoms with van der Waals surface area (Å²) in [4.78, 5) is 2.48. The Morgan fingerprint density at radius 2 is 1.80 bits per heavy atom. The average molecular weight is 325 g/mol. The van der Waals surface area contributed by atoms with Gasteiger partial charge in [0.1, 0.15) is 4.99 Å². The molecule has 2 N–H and O–H groups in total. The van der Waals surface area contributed by atoms with Gasteiger partial charge >= 0.3 is 0 Å². The molecule has 5 heteroatoms. The van der Waals surface area contributed by atoms with Crippen LogP contribution in [0.3, 0.4) is 0 Å². The lowest BCUT2D eigenvalue weighted by Gasteiger charge is -2.20. The number of hydrogen-bond donors (Lipinski definition) is 1. The Morgan fingerprint density at radius 1 is 1.15 bits per heavy atom. The van der Waals surface area contributed by atoms with Crippen LogP contribution in [0, 0.1) is 0 Å². The van der Waals surface area contributed by atoms with Crippen LogP contribution in [0.1, 0.15) is 11.1 Å². The van der Waals surface area contributed by atoms with Crippen molar-refractivity contribution < 1.29 is 0 Å². The van der Waals surface area contributed by atoms with Crippen molar-refractivity contribution in [2.24, 2.45) is 5.73 Å². The van der Waals surface area contributed by atoms with Gasteiger partial charge in [0.05, 0.1) is 10.0 Å². The van der Waals surface area contributed by atoms with Gasteiger partial charge in [-0.1, -0.05) is 47.6 Å². The normalized spacial score (nSPS) is 10.3. The van der Waals surface area contributed by atoms with Crippen LogP contribution in [-0.2, 0) is 6.54 Å². The van der Waals surface area contributed by atoms with E-state index in [1.165, 1.54) is 0 Å². The Hall–Kier alpha value is -1.29. The van der Waals surface area contributed by atoms with Gasteiger partial charge in [-0.15, -0.1) is 0 Å². The fourth-order valence-corrected chi connectivity index (χ4v) is 2.41. The smallest absolute Gasteiger partial charge is 0.103 e. The lowest BCUT2D eigenvalue weighted by Crippen LogP contribution is -2.17. The Bertz CT molecular complexity index is 626. The molecule has 104 valence electrons. The first kappa shape index (κ1) is 15.1. The van der Waals surface area contributed by atoms with Crippen molar-refractivity contribution in [1.29, 1.82) is 0 Å². The molecule has 2 aromatic carbocycles. The van der Waals surface area contributed by atoms with Crippen molar-refractivity contribution in [2.45, 2.75) is 6.54 Å². The molecule has 0 aromatic heterocycles. The van der Waals surface area contributed by atoms with Crippen molar-refractivity contribution in [3.63, 3.8) is 0 Å². The lowest BCUT2D eigenvalue weighted by molar-refractivity contribution is 0.923. The second-order valence-electron chi connectivity index (χ2n) is 4.48. The molecule has 0 aliphatic rings. The minimum atomic E-state index is 0.400. The molecule has 0 amide bonds. The second kappa shape index (κ2) is 6.44. The van der Waals surface area contributed by atoms with E-state index >= 15 is 0 Å². The zero-order valence-corrected chi connectivity index (χ0v) is 13.3. The molecule has 0 atom stereocenters. The lowest BCUT2D eigenvalue weighted by atomic mass is 10.1. The Kier molecular flexibility index (Phi) is 4.86. The van der Waals surface area contributed by atoms with Crippen LogP contribution in [-0.4, -0.2) is 12.0 Å². The molecule has 0 bridgehead atoms. The first-order chi connectivity index (χ1) is 9.49. The number of rotatable bonds is 4. The highest BCUT2D eigenvalue weighted by Gasteiger charge is 2.08. The highest BCUT2D eigenvalue weighted by Crippen LogP contribution is 2.27. The maximum Gasteiger partial charge on any atom is 0.103 e. The van der Waals surface area contributed by atoms with E-state index in [4.69, 9.17) is 41.2 Å². The summed E-state index contributed by atoms with van der Waals surface area (Å²) in [6.07, 6.45) is 0. The number of halogens is 2. The molecule has 0 saturated heterocycles. The number of nitrogens with two attached hydrogens (primary N) is 1. The van der Waals surface area contributed by atoms with Gasteiger partial charge in [0.25, 0.3) is 0 Å². The number of nitrogens with zero attached hydrogens (tertiary/aromatic N) is 1. The topological polar surface area (TPSA) is 29.3 Å². The van der Waals surface area contributed by atoms with Crippen LogP contribution in [0.2, 0.25) is 10.0 Å². The summed E-state index contributed by atoms with van der Waals surface area (Å²) in [6, 6.07) is 13.4. The van der Waals surface area contributed by atoms with E-state index in [2.05, 4.69) is 4.90 Å². The molecule has 0 heterocycles. The van der Waals surface area contributed by atoms with E-state index in [9.17, 15) is 0 Å². The monoisotopic (exact) mass is 324 g/mol. The molecular formula is C15H14Cl2N2S. The highest BCUT2D eigenvalue weighted by atomic mass is 35.5. The van der Waals surface area contributed by atoms with Gasteiger partial charge in [-0.25, -0.2) is 0 Å². The summed E-state index contributed by atoms with van der Waals surface area (Å²) in [5.74, 6) is 0. The van der Waals surface area contributed by atoms with Gasteiger partial charge in [-0.3, -0.25) is 0 Å². The zero-order valence-electron chi connectivity index (χ0n) is 10.9. The summed E-state index contributed by atoms with van der Waals surface area (Å²) in [5.41, 5.74) is 8.49. The van der Waals surface area contributed by atoms with E-state index < -0.39 is 0 Å². The fraction of sp³-hybridized carbons (Fsp3) is 0.133. The van der Waals surface area contributed by atoms with Crippen LogP contribution >= 0.6 is 35.4 Å². The maximum absolute atomic E-state index is 6.20. The van der Waals surface area contributed by atoms with Gasteiger partial charge in [0.15, 0.2) is 0 Å². The van der Waals surface area contributed by atoms with Crippen molar-refractivity contribution in [3.8, 4) is 0 Å². The minimum absolute atomic E-state index is 0.400. The van der Waals surface area contributed by atoms with Gasteiger partial charge in [-0.2, -0.15) is 0 Å². The summed E-state index contributed by atoms with van der Waals surface area (Å²) < 4.78 is 0. The summed E-state index contributed by atoms with van der Waals surface area (Å²) in [5, 5.41) is 1.17. The average Bonchev–Trinajstić information content (AvgIpc) is 2.44. The third kappa shape index (κ3) is 3.42. The van der Waals surface area contributed by atoms with Gasteiger partial charge in [-0.05, 0) is 35.9 Å². The largest absolute Gasteiger partial charge is 0.389 e. The van der Waals surface area contributed by atoms with Gasteiger partial charge in [0, 0.05) is 24.8 Å². The van der Waals surface area contributed by atoms with Gasteiger partial charge < -0.3 is 10.6 Å². The third-order valence-corrected chi connectivity index (χ3v) is 4.13. The third-order valence-electron chi connectivity index (χ3n) is 3.03. The van der Waals surface area contributed by atoms with E-state index in [0.29, 0.717) is 21.6 Å². The molecule has 20 heavy (non-hydrogen) atoms. The molecule has 2 nitrogen and oxygen atoms in total. The summed E-state index contributed by atoms with van der Waals surface area (Å²) in [7, 11) is 1.99. The van der Waals surface area contributed by atoms with Crippen LogP contribution in [0.15, 0.2) is 42.5 Å².